The van der Waals surface area contributed by atoms with E-state index in [0.717, 1.165) is 0 Å². The SMILES string of the molecule is CC(=O)C=C(C)O.CC(=O)C=C(C)O.CC(=O)C=C(C)O.O.[Pr]. The molecule has 0 fully saturated rings. The monoisotopic (exact) mass is 459 g/mol. The Hall–Kier alpha value is -1.05. The summed E-state index contributed by atoms with van der Waals surface area (Å²) in [6, 6.07) is 0. The second kappa shape index (κ2) is 21.0. The van der Waals surface area contributed by atoms with Crippen LogP contribution >= 0.6 is 0 Å². The predicted octanol–water partition coefficient (Wildman–Crippen LogP) is 2.29. The Kier molecular flexibility index (Phi) is 30.6. The second-order valence-corrected chi connectivity index (χ2v) is 4.19. The molecule has 1 radical (unpaired) electrons. The van der Waals surface area contributed by atoms with Crippen molar-refractivity contribution in [2.75, 3.05) is 0 Å². The van der Waals surface area contributed by atoms with Gasteiger partial charge in [0, 0.05) is 59.5 Å². The van der Waals surface area contributed by atoms with Crippen molar-refractivity contribution in [3.8, 4) is 0 Å². The van der Waals surface area contributed by atoms with Crippen LogP contribution in [0.4, 0.5) is 0 Å². The molecule has 0 rings (SSSR count). The fourth-order valence-electron chi connectivity index (χ4n) is 0.882. The number of rotatable bonds is 3. The summed E-state index contributed by atoms with van der Waals surface area (Å²) in [5.41, 5.74) is 0. The molecule has 0 unspecified atom stereocenters. The Morgan fingerprint density at radius 1 is 0.565 bits per heavy atom. The van der Waals surface area contributed by atoms with Crippen LogP contribution in [0, 0.1) is 41.3 Å². The molecule has 0 amide bonds. The van der Waals surface area contributed by atoms with Gasteiger partial charge in [0.05, 0.1) is 17.3 Å². The quantitative estimate of drug-likeness (QED) is 0.437. The predicted molar refractivity (Wildman–Crippen MR) is 84.8 cm³/mol. The largest absolute Gasteiger partial charge is 0.512 e. The number of aliphatic hydroxyl groups excluding tert-OH is 3. The van der Waals surface area contributed by atoms with Crippen LogP contribution in [0.5, 0.6) is 0 Å². The third-order valence-corrected chi connectivity index (χ3v) is 1.24. The first-order valence-electron chi connectivity index (χ1n) is 6.02. The van der Waals surface area contributed by atoms with E-state index in [0.29, 0.717) is 0 Å². The van der Waals surface area contributed by atoms with E-state index in [1.54, 1.807) is 0 Å². The van der Waals surface area contributed by atoms with Gasteiger partial charge in [-0.25, -0.2) is 0 Å². The number of ketones is 3. The summed E-state index contributed by atoms with van der Waals surface area (Å²) in [6.45, 7) is 8.54. The van der Waals surface area contributed by atoms with Crippen LogP contribution in [0.25, 0.3) is 0 Å². The van der Waals surface area contributed by atoms with E-state index in [1.165, 1.54) is 59.8 Å². The van der Waals surface area contributed by atoms with Gasteiger partial charge in [0.25, 0.3) is 0 Å². The van der Waals surface area contributed by atoms with Crippen molar-refractivity contribution in [1.29, 1.82) is 0 Å². The minimum atomic E-state index is -0.125. The van der Waals surface area contributed by atoms with Crippen molar-refractivity contribution >= 4 is 17.3 Å². The van der Waals surface area contributed by atoms with Crippen molar-refractivity contribution in [2.45, 2.75) is 41.5 Å². The molecule has 0 saturated heterocycles. The maximum absolute atomic E-state index is 10.0. The van der Waals surface area contributed by atoms with Crippen molar-refractivity contribution in [2.24, 2.45) is 0 Å². The van der Waals surface area contributed by atoms with E-state index in [1.807, 2.05) is 0 Å². The number of aliphatic hydroxyl groups is 3. The molecule has 23 heavy (non-hydrogen) atoms. The van der Waals surface area contributed by atoms with Crippen LogP contribution in [0.1, 0.15) is 41.5 Å². The van der Waals surface area contributed by atoms with Gasteiger partial charge in [-0.3, -0.25) is 14.4 Å². The van der Waals surface area contributed by atoms with Gasteiger partial charge in [-0.05, 0) is 41.5 Å². The standard InChI is InChI=1S/3C5H8O2.H2O.Pr/c3*1-4(6)3-5(2)7;;/h3*3,6H,1-2H3;1H2;. The smallest absolute Gasteiger partial charge is 0.155 e. The average Bonchev–Trinajstić information content (AvgIpc) is 2.10. The minimum absolute atomic E-state index is 0. The number of carbonyl (C=O) groups excluding carboxylic acids is 3. The zero-order valence-corrected chi connectivity index (χ0v) is 18.1. The molecule has 0 aliphatic carbocycles. The summed E-state index contributed by atoms with van der Waals surface area (Å²) < 4.78 is 0. The molecular formula is C15H26O7Pr. The normalized spacial score (nSPS) is 10.4. The molecule has 0 aromatic rings. The second-order valence-electron chi connectivity index (χ2n) is 4.19. The van der Waals surface area contributed by atoms with E-state index >= 15 is 0 Å². The van der Waals surface area contributed by atoms with Gasteiger partial charge < -0.3 is 20.8 Å². The van der Waals surface area contributed by atoms with Gasteiger partial charge in [-0.15, -0.1) is 0 Å². The van der Waals surface area contributed by atoms with Crippen molar-refractivity contribution in [3.05, 3.63) is 35.5 Å². The van der Waals surface area contributed by atoms with Crippen LogP contribution in [-0.4, -0.2) is 38.1 Å². The van der Waals surface area contributed by atoms with Crippen molar-refractivity contribution in [3.63, 3.8) is 0 Å². The summed E-state index contributed by atoms with van der Waals surface area (Å²) in [4.78, 5) is 30.1. The number of carbonyl (C=O) groups is 3. The molecule has 8 heteroatoms. The fourth-order valence-corrected chi connectivity index (χ4v) is 0.882. The first kappa shape index (κ1) is 33.5. The Balaban J connectivity index is -0.0000000675. The number of hydrogen-bond donors (Lipinski definition) is 3. The number of allylic oxidation sites excluding steroid dienone is 6. The zero-order chi connectivity index (χ0) is 17.6. The van der Waals surface area contributed by atoms with E-state index in [4.69, 9.17) is 15.3 Å². The third kappa shape index (κ3) is 62.7. The summed E-state index contributed by atoms with van der Waals surface area (Å²) in [7, 11) is 0. The molecule has 7 nitrogen and oxygen atoms in total. The summed E-state index contributed by atoms with van der Waals surface area (Å²) in [5, 5.41) is 25.1. The molecule has 0 spiro atoms. The molecule has 0 bridgehead atoms. The topological polar surface area (TPSA) is 143 Å². The Labute approximate surface area is 170 Å². The van der Waals surface area contributed by atoms with Gasteiger partial charge in [0.15, 0.2) is 17.3 Å². The van der Waals surface area contributed by atoms with Crippen LogP contribution in [-0.2, 0) is 14.4 Å². The van der Waals surface area contributed by atoms with Crippen molar-refractivity contribution < 1.29 is 76.5 Å². The van der Waals surface area contributed by atoms with E-state index in [2.05, 4.69) is 0 Å². The fraction of sp³-hybridized carbons (Fsp3) is 0.400. The summed E-state index contributed by atoms with van der Waals surface area (Å²) in [6.07, 6.45) is 3.50. The zero-order valence-electron chi connectivity index (χ0n) is 14.4. The molecule has 0 atom stereocenters. The van der Waals surface area contributed by atoms with Crippen molar-refractivity contribution in [1.82, 2.24) is 0 Å². The molecule has 0 saturated carbocycles. The van der Waals surface area contributed by atoms with E-state index in [9.17, 15) is 14.4 Å². The molecular weight excluding hydrogens is 433 g/mol. The van der Waals surface area contributed by atoms with E-state index in [-0.39, 0.29) is 81.4 Å². The Morgan fingerprint density at radius 3 is 0.696 bits per heavy atom. The van der Waals surface area contributed by atoms with Crippen LogP contribution in [0.3, 0.4) is 0 Å². The molecule has 0 aromatic heterocycles. The third-order valence-electron chi connectivity index (χ3n) is 1.24. The number of hydrogen-bond acceptors (Lipinski definition) is 6. The summed E-state index contributed by atoms with van der Waals surface area (Å²) in [5.74, 6) is -0.187. The Morgan fingerprint density at radius 2 is 0.696 bits per heavy atom. The molecule has 0 aliphatic rings. The molecule has 5 N–H and O–H groups in total. The molecule has 0 heterocycles. The van der Waals surface area contributed by atoms with Gasteiger partial charge in [-0.1, -0.05) is 0 Å². The van der Waals surface area contributed by atoms with Gasteiger partial charge in [-0.2, -0.15) is 0 Å². The Bertz CT molecular complexity index is 370. The maximum atomic E-state index is 10.0. The van der Waals surface area contributed by atoms with Gasteiger partial charge >= 0.3 is 0 Å². The molecule has 0 aliphatic heterocycles. The van der Waals surface area contributed by atoms with E-state index < -0.39 is 0 Å². The molecule has 131 valence electrons. The van der Waals surface area contributed by atoms with Gasteiger partial charge in [0.2, 0.25) is 0 Å². The summed E-state index contributed by atoms with van der Waals surface area (Å²) >= 11 is 0. The van der Waals surface area contributed by atoms with Gasteiger partial charge in [0.1, 0.15) is 0 Å². The average molecular weight is 459 g/mol. The maximum Gasteiger partial charge on any atom is 0.155 e. The molecule has 0 aromatic carbocycles. The first-order chi connectivity index (χ1) is 9.38. The van der Waals surface area contributed by atoms with Crippen LogP contribution < -0.4 is 0 Å². The van der Waals surface area contributed by atoms with Crippen LogP contribution in [0.2, 0.25) is 0 Å². The first-order valence-corrected chi connectivity index (χ1v) is 6.02. The van der Waals surface area contributed by atoms with Crippen LogP contribution in [0.15, 0.2) is 35.5 Å². The minimum Gasteiger partial charge on any atom is -0.512 e.